The van der Waals surface area contributed by atoms with Gasteiger partial charge in [-0.15, -0.1) is 11.3 Å². The van der Waals surface area contributed by atoms with E-state index in [-0.39, 0.29) is 11.2 Å². The number of rotatable bonds is 6. The van der Waals surface area contributed by atoms with Crippen molar-refractivity contribution in [3.05, 3.63) is 62.4 Å². The van der Waals surface area contributed by atoms with Crippen LogP contribution in [0.15, 0.2) is 45.6 Å². The molecule has 1 unspecified atom stereocenters. The Morgan fingerprint density at radius 1 is 1.19 bits per heavy atom. The molecular formula is C22H24N6O3S. The Bertz CT molecular complexity index is 1410. The summed E-state index contributed by atoms with van der Waals surface area (Å²) in [5, 5.41) is 4.95. The van der Waals surface area contributed by atoms with Crippen LogP contribution in [0.2, 0.25) is 0 Å². The summed E-state index contributed by atoms with van der Waals surface area (Å²) < 4.78 is 3.70. The summed E-state index contributed by atoms with van der Waals surface area (Å²) in [6.07, 6.45) is 2.54. The summed E-state index contributed by atoms with van der Waals surface area (Å²) in [6.45, 7) is 3.94. The van der Waals surface area contributed by atoms with Crippen molar-refractivity contribution < 1.29 is 4.79 Å². The number of nitrogens with zero attached hydrogens (tertiary/aromatic N) is 5. The lowest BCUT2D eigenvalue weighted by atomic mass is 9.97. The zero-order chi connectivity index (χ0) is 23.0. The molecule has 4 rings (SSSR count). The van der Waals surface area contributed by atoms with Crippen molar-refractivity contribution in [3.63, 3.8) is 0 Å². The molecule has 166 valence electrons. The number of hydrogen-bond acceptors (Lipinski definition) is 6. The van der Waals surface area contributed by atoms with Gasteiger partial charge in [0.2, 0.25) is 5.91 Å². The summed E-state index contributed by atoms with van der Waals surface area (Å²) in [5.41, 5.74) is 2.38. The average Bonchev–Trinajstić information content (AvgIpc) is 3.41. The van der Waals surface area contributed by atoms with Gasteiger partial charge in [-0.1, -0.05) is 38.1 Å². The minimum Gasteiger partial charge on any atom is -0.328 e. The van der Waals surface area contributed by atoms with E-state index in [1.807, 2.05) is 17.5 Å². The third-order valence-electron chi connectivity index (χ3n) is 5.64. The maximum Gasteiger partial charge on any atom is 0.332 e. The van der Waals surface area contributed by atoms with Crippen LogP contribution >= 0.6 is 11.3 Å². The predicted molar refractivity (Wildman–Crippen MR) is 125 cm³/mol. The molecule has 1 atom stereocenters. The molecule has 0 saturated heterocycles. The van der Waals surface area contributed by atoms with Gasteiger partial charge >= 0.3 is 5.69 Å². The Kier molecular flexibility index (Phi) is 5.79. The number of hydrogen-bond donors (Lipinski definition) is 1. The molecule has 10 heteroatoms. The van der Waals surface area contributed by atoms with Gasteiger partial charge in [-0.05, 0) is 17.9 Å². The Morgan fingerprint density at radius 3 is 2.59 bits per heavy atom. The van der Waals surface area contributed by atoms with E-state index in [2.05, 4.69) is 41.3 Å². The second-order valence-electron chi connectivity index (χ2n) is 7.78. The van der Waals surface area contributed by atoms with Crippen molar-refractivity contribution in [2.45, 2.75) is 32.7 Å². The van der Waals surface area contributed by atoms with Crippen molar-refractivity contribution >= 4 is 33.5 Å². The molecule has 0 aliphatic heterocycles. The van der Waals surface area contributed by atoms with Crippen LogP contribution in [0.3, 0.4) is 0 Å². The maximum atomic E-state index is 12.8. The smallest absolute Gasteiger partial charge is 0.328 e. The lowest BCUT2D eigenvalue weighted by molar-refractivity contribution is -0.116. The van der Waals surface area contributed by atoms with Crippen LogP contribution in [-0.2, 0) is 25.4 Å². The molecule has 0 aliphatic carbocycles. The summed E-state index contributed by atoms with van der Waals surface area (Å²) >= 11 is 1.29. The van der Waals surface area contributed by atoms with Gasteiger partial charge in [0, 0.05) is 25.0 Å². The summed E-state index contributed by atoms with van der Waals surface area (Å²) in [7, 11) is 3.18. The van der Waals surface area contributed by atoms with E-state index in [1.54, 1.807) is 7.05 Å². The minimum atomic E-state index is -0.599. The van der Waals surface area contributed by atoms with Gasteiger partial charge in [0.1, 0.15) is 6.54 Å². The van der Waals surface area contributed by atoms with Crippen molar-refractivity contribution in [2.75, 3.05) is 5.32 Å². The fourth-order valence-corrected chi connectivity index (χ4v) is 4.26. The molecule has 0 saturated carbocycles. The number of aromatic nitrogens is 5. The maximum absolute atomic E-state index is 12.8. The summed E-state index contributed by atoms with van der Waals surface area (Å²) in [5.74, 6) is -0.00486. The molecule has 0 radical (unpaired) electrons. The molecule has 3 heterocycles. The molecule has 1 amide bonds. The first kappa shape index (κ1) is 21.7. The van der Waals surface area contributed by atoms with Gasteiger partial charge in [0.25, 0.3) is 5.56 Å². The van der Waals surface area contributed by atoms with E-state index in [4.69, 9.17) is 0 Å². The van der Waals surface area contributed by atoms with Gasteiger partial charge in [0.15, 0.2) is 16.3 Å². The van der Waals surface area contributed by atoms with Crippen LogP contribution in [0.4, 0.5) is 5.13 Å². The first-order valence-corrected chi connectivity index (χ1v) is 11.1. The zero-order valence-electron chi connectivity index (χ0n) is 18.3. The lowest BCUT2D eigenvalue weighted by Gasteiger charge is -2.09. The monoisotopic (exact) mass is 452 g/mol. The first-order chi connectivity index (χ1) is 15.3. The summed E-state index contributed by atoms with van der Waals surface area (Å²) in [4.78, 5) is 46.5. The Morgan fingerprint density at radius 2 is 1.91 bits per heavy atom. The number of fused-ring (bicyclic) bond motifs is 1. The van der Waals surface area contributed by atoms with Crippen molar-refractivity contribution in [3.8, 4) is 11.3 Å². The molecule has 0 spiro atoms. The average molecular weight is 453 g/mol. The van der Waals surface area contributed by atoms with Gasteiger partial charge in [-0.25, -0.2) is 19.3 Å². The highest BCUT2D eigenvalue weighted by Crippen LogP contribution is 2.27. The highest BCUT2D eigenvalue weighted by atomic mass is 32.1. The van der Waals surface area contributed by atoms with E-state index < -0.39 is 23.7 Å². The fourth-order valence-electron chi connectivity index (χ4n) is 3.52. The Balaban J connectivity index is 1.53. The summed E-state index contributed by atoms with van der Waals surface area (Å²) in [6, 6.07) is 8.23. The van der Waals surface area contributed by atoms with Crippen LogP contribution in [-0.4, -0.2) is 29.6 Å². The van der Waals surface area contributed by atoms with E-state index in [1.165, 1.54) is 39.4 Å². The molecule has 1 aromatic carbocycles. The number of carbonyl (C=O) groups excluding carboxylic acids is 1. The molecule has 9 nitrogen and oxygen atoms in total. The van der Waals surface area contributed by atoms with Crippen LogP contribution in [0, 0.1) is 0 Å². The van der Waals surface area contributed by atoms with Gasteiger partial charge in [-0.2, -0.15) is 0 Å². The van der Waals surface area contributed by atoms with Crippen LogP contribution < -0.4 is 16.6 Å². The Labute approximate surface area is 188 Å². The van der Waals surface area contributed by atoms with Crippen molar-refractivity contribution in [1.82, 2.24) is 23.7 Å². The number of aryl methyl sites for hydroxylation is 2. The minimum absolute atomic E-state index is 0.261. The molecule has 3 aromatic heterocycles. The highest BCUT2D eigenvalue weighted by Gasteiger charge is 2.17. The highest BCUT2D eigenvalue weighted by molar-refractivity contribution is 7.14. The largest absolute Gasteiger partial charge is 0.332 e. The van der Waals surface area contributed by atoms with Crippen molar-refractivity contribution in [1.29, 1.82) is 0 Å². The quantitative estimate of drug-likeness (QED) is 0.484. The third-order valence-corrected chi connectivity index (χ3v) is 6.40. The van der Waals surface area contributed by atoms with Crippen LogP contribution in [0.1, 0.15) is 31.7 Å². The standard InChI is InChI=1S/C22H24N6O3S/c1-5-13(2)14-6-8-15(9-7-14)16-11-32-21(24-16)25-17(29)10-28-20(30)18-19(23-12-26(18)3)27(4)22(28)31/h6-9,11-13H,5,10H2,1-4H3,(H,24,25,29). The van der Waals surface area contributed by atoms with Gasteiger partial charge in [-0.3, -0.25) is 14.2 Å². The number of nitrogens with one attached hydrogen (secondary N) is 1. The van der Waals surface area contributed by atoms with E-state index in [0.29, 0.717) is 11.0 Å². The SMILES string of the molecule is CCC(C)c1ccc(-c2csc(NC(=O)Cn3c(=O)c4c(ncn4C)n(C)c3=O)n2)cc1. The first-order valence-electron chi connectivity index (χ1n) is 10.3. The second kappa shape index (κ2) is 8.54. The number of imidazole rings is 1. The van der Waals surface area contributed by atoms with Gasteiger partial charge < -0.3 is 9.88 Å². The predicted octanol–water partition coefficient (Wildman–Crippen LogP) is 2.71. The topological polar surface area (TPSA) is 104 Å². The van der Waals surface area contributed by atoms with E-state index in [0.717, 1.165) is 22.2 Å². The van der Waals surface area contributed by atoms with Crippen LogP contribution in [0.5, 0.6) is 0 Å². The molecule has 1 N–H and O–H groups in total. The molecule has 4 aromatic rings. The molecule has 0 aliphatic rings. The third kappa shape index (κ3) is 3.89. The fraction of sp³-hybridized carbons (Fsp3) is 0.318. The lowest BCUT2D eigenvalue weighted by Crippen LogP contribution is -2.42. The Hall–Kier alpha value is -3.53. The number of anilines is 1. The molecule has 32 heavy (non-hydrogen) atoms. The normalized spacial score (nSPS) is 12.2. The number of thiazole rings is 1. The van der Waals surface area contributed by atoms with E-state index in [9.17, 15) is 14.4 Å². The zero-order valence-corrected chi connectivity index (χ0v) is 19.1. The molecule has 0 bridgehead atoms. The van der Waals surface area contributed by atoms with E-state index >= 15 is 0 Å². The molecular weight excluding hydrogens is 428 g/mol. The second-order valence-corrected chi connectivity index (χ2v) is 8.64. The van der Waals surface area contributed by atoms with Crippen LogP contribution in [0.25, 0.3) is 22.4 Å². The number of amides is 1. The van der Waals surface area contributed by atoms with Gasteiger partial charge in [0.05, 0.1) is 12.0 Å². The van der Waals surface area contributed by atoms with Crippen molar-refractivity contribution in [2.24, 2.45) is 14.1 Å². The number of benzene rings is 1. The molecule has 0 fully saturated rings. The number of carbonyl (C=O) groups is 1.